The van der Waals surface area contributed by atoms with Crippen molar-refractivity contribution >= 4 is 44.5 Å². The van der Waals surface area contributed by atoms with E-state index in [2.05, 4.69) is 36.6 Å². The number of hydrogen-bond acceptors (Lipinski definition) is 6. The summed E-state index contributed by atoms with van der Waals surface area (Å²) in [4.78, 5) is 27.6. The highest BCUT2D eigenvalue weighted by Crippen LogP contribution is 2.41. The van der Waals surface area contributed by atoms with Gasteiger partial charge in [0.15, 0.2) is 0 Å². The van der Waals surface area contributed by atoms with Crippen LogP contribution in [0.5, 0.6) is 0 Å². The zero-order valence-electron chi connectivity index (χ0n) is 20.5. The zero-order valence-corrected chi connectivity index (χ0v) is 22.1. The van der Waals surface area contributed by atoms with Crippen molar-refractivity contribution in [3.05, 3.63) is 32.0 Å². The van der Waals surface area contributed by atoms with E-state index < -0.39 is 0 Å². The van der Waals surface area contributed by atoms with Gasteiger partial charge in [0.2, 0.25) is 11.8 Å². The molecule has 0 fully saturated rings. The van der Waals surface area contributed by atoms with Gasteiger partial charge >= 0.3 is 0 Å². The van der Waals surface area contributed by atoms with Gasteiger partial charge in [-0.05, 0) is 67.9 Å². The molecule has 184 valence electrons. The summed E-state index contributed by atoms with van der Waals surface area (Å²) in [5.41, 5.74) is 3.44. The Hall–Kier alpha value is -2.68. The van der Waals surface area contributed by atoms with Crippen LogP contribution in [0.4, 0.5) is 10.0 Å². The van der Waals surface area contributed by atoms with Crippen LogP contribution in [0, 0.1) is 34.5 Å². The van der Waals surface area contributed by atoms with Gasteiger partial charge in [0.25, 0.3) is 0 Å². The molecular formula is C27H32N4O2S2. The van der Waals surface area contributed by atoms with Crippen LogP contribution in [0.15, 0.2) is 0 Å². The Bertz CT molecular complexity index is 1110. The van der Waals surface area contributed by atoms with Crippen molar-refractivity contribution in [2.45, 2.75) is 84.5 Å². The third-order valence-electron chi connectivity index (χ3n) is 7.43. The van der Waals surface area contributed by atoms with Crippen LogP contribution < -0.4 is 10.6 Å². The Labute approximate surface area is 215 Å². The molecule has 8 heteroatoms. The molecule has 35 heavy (non-hydrogen) atoms. The fourth-order valence-electron chi connectivity index (χ4n) is 5.21. The molecule has 2 aromatic heterocycles. The fraction of sp³-hybridized carbons (Fsp3) is 0.556. The summed E-state index contributed by atoms with van der Waals surface area (Å²) in [5, 5.41) is 26.4. The van der Waals surface area contributed by atoms with Crippen LogP contribution in [-0.4, -0.2) is 11.8 Å². The Morgan fingerprint density at radius 3 is 1.63 bits per heavy atom. The van der Waals surface area contributed by atoms with Crippen molar-refractivity contribution in [1.29, 1.82) is 10.5 Å². The summed E-state index contributed by atoms with van der Waals surface area (Å²) >= 11 is 3.06. The minimum absolute atomic E-state index is 0.171. The highest BCUT2D eigenvalue weighted by Gasteiger charge is 2.27. The van der Waals surface area contributed by atoms with Crippen molar-refractivity contribution in [3.8, 4) is 12.1 Å². The average molecular weight is 509 g/mol. The number of rotatable bonds is 8. The number of nitrogens with zero attached hydrogens (tertiary/aromatic N) is 2. The largest absolute Gasteiger partial charge is 0.317 e. The number of nitrogens with one attached hydrogen (secondary N) is 2. The van der Waals surface area contributed by atoms with E-state index >= 15 is 0 Å². The number of amides is 2. The van der Waals surface area contributed by atoms with Gasteiger partial charge in [-0.15, -0.1) is 22.7 Å². The summed E-state index contributed by atoms with van der Waals surface area (Å²) in [6.45, 7) is 4.39. The van der Waals surface area contributed by atoms with E-state index in [4.69, 9.17) is 0 Å². The summed E-state index contributed by atoms with van der Waals surface area (Å²) < 4.78 is 0. The molecule has 0 saturated heterocycles. The number of hydrogen-bond donors (Lipinski definition) is 2. The van der Waals surface area contributed by atoms with Crippen LogP contribution >= 0.6 is 22.7 Å². The van der Waals surface area contributed by atoms with Gasteiger partial charge in [-0.2, -0.15) is 10.5 Å². The molecule has 4 rings (SSSR count). The second-order valence-electron chi connectivity index (χ2n) is 9.62. The molecule has 0 saturated carbocycles. The van der Waals surface area contributed by atoms with Crippen molar-refractivity contribution < 1.29 is 9.59 Å². The lowest BCUT2D eigenvalue weighted by atomic mass is 9.86. The fourth-order valence-corrected chi connectivity index (χ4v) is 7.86. The van der Waals surface area contributed by atoms with Crippen molar-refractivity contribution in [1.82, 2.24) is 0 Å². The molecule has 2 amide bonds. The Kier molecular flexibility index (Phi) is 8.26. The lowest BCUT2D eigenvalue weighted by Gasteiger charge is -2.20. The predicted octanol–water partition coefficient (Wildman–Crippen LogP) is 6.33. The van der Waals surface area contributed by atoms with E-state index in [1.54, 1.807) is 0 Å². The maximum atomic E-state index is 12.6. The number of carbonyl (C=O) groups excluding carboxylic acids is 2. The number of nitriles is 2. The van der Waals surface area contributed by atoms with Crippen LogP contribution in [-0.2, 0) is 35.3 Å². The van der Waals surface area contributed by atoms with Gasteiger partial charge in [-0.1, -0.05) is 26.7 Å². The average Bonchev–Trinajstić information content (AvgIpc) is 3.38. The topological polar surface area (TPSA) is 106 Å². The highest BCUT2D eigenvalue weighted by molar-refractivity contribution is 7.17. The predicted molar refractivity (Wildman–Crippen MR) is 141 cm³/mol. The minimum Gasteiger partial charge on any atom is -0.317 e. The van der Waals surface area contributed by atoms with Gasteiger partial charge in [0.05, 0.1) is 11.1 Å². The number of carbonyl (C=O) groups is 2. The van der Waals surface area contributed by atoms with Crippen molar-refractivity contribution in [2.24, 2.45) is 11.8 Å². The summed E-state index contributed by atoms with van der Waals surface area (Å²) in [5.74, 6) is 0.959. The maximum absolute atomic E-state index is 12.6. The molecule has 0 aliphatic heterocycles. The molecule has 2 unspecified atom stereocenters. The van der Waals surface area contributed by atoms with E-state index in [9.17, 15) is 20.1 Å². The first-order chi connectivity index (χ1) is 17.0. The third kappa shape index (κ3) is 5.60. The normalized spacial score (nSPS) is 18.6. The molecule has 2 atom stereocenters. The van der Waals surface area contributed by atoms with E-state index in [1.165, 1.54) is 32.4 Å². The van der Waals surface area contributed by atoms with Gasteiger partial charge < -0.3 is 10.6 Å². The summed E-state index contributed by atoms with van der Waals surface area (Å²) in [6, 6.07) is 4.58. The molecule has 2 aromatic rings. The lowest BCUT2D eigenvalue weighted by molar-refractivity contribution is -0.117. The summed E-state index contributed by atoms with van der Waals surface area (Å²) in [7, 11) is 0. The second kappa shape index (κ2) is 11.4. The minimum atomic E-state index is -0.171. The number of fused-ring (bicyclic) bond motifs is 2. The van der Waals surface area contributed by atoms with E-state index in [1.807, 2.05) is 0 Å². The first-order valence-corrected chi connectivity index (χ1v) is 14.3. The quantitative estimate of drug-likeness (QED) is 0.434. The van der Waals surface area contributed by atoms with Crippen LogP contribution in [0.2, 0.25) is 0 Å². The standard InChI is InChI=1S/C27H32N4O2S2/c1-3-16-8-10-18-20(14-28)26(34-22(18)12-16)30-24(32)6-5-7-25(33)31-27-21(15-29)19-11-9-17(4-2)13-23(19)35-27/h16-17H,3-13H2,1-2H3,(H,30,32)(H,31,33). The maximum Gasteiger partial charge on any atom is 0.225 e. The molecule has 2 aliphatic rings. The number of thiophene rings is 2. The van der Waals surface area contributed by atoms with Crippen molar-refractivity contribution in [2.75, 3.05) is 10.6 Å². The molecule has 0 aromatic carbocycles. The Morgan fingerprint density at radius 2 is 1.26 bits per heavy atom. The SMILES string of the molecule is CCC1CCc2c(sc(NC(=O)CCCC(=O)Nc3sc4c(c3C#N)CCC(CC)C4)c2C#N)C1. The van der Waals surface area contributed by atoms with Crippen LogP contribution in [0.25, 0.3) is 0 Å². The summed E-state index contributed by atoms with van der Waals surface area (Å²) in [6.07, 6.45) is 9.05. The zero-order chi connectivity index (χ0) is 24.9. The molecule has 0 bridgehead atoms. The molecule has 2 N–H and O–H groups in total. The lowest BCUT2D eigenvalue weighted by Crippen LogP contribution is -2.15. The van der Waals surface area contributed by atoms with E-state index in [0.29, 0.717) is 39.4 Å². The van der Waals surface area contributed by atoms with E-state index in [0.717, 1.165) is 62.5 Å². The smallest absolute Gasteiger partial charge is 0.225 e. The van der Waals surface area contributed by atoms with Gasteiger partial charge in [-0.25, -0.2) is 0 Å². The van der Waals surface area contributed by atoms with Crippen LogP contribution in [0.1, 0.15) is 90.8 Å². The molecule has 2 aliphatic carbocycles. The molecule has 0 spiro atoms. The van der Waals surface area contributed by atoms with Gasteiger partial charge in [-0.3, -0.25) is 9.59 Å². The monoisotopic (exact) mass is 508 g/mol. The van der Waals surface area contributed by atoms with Crippen molar-refractivity contribution in [3.63, 3.8) is 0 Å². The van der Waals surface area contributed by atoms with E-state index in [-0.39, 0.29) is 24.7 Å². The second-order valence-corrected chi connectivity index (χ2v) is 11.8. The molecule has 0 radical (unpaired) electrons. The molecule has 2 heterocycles. The highest BCUT2D eigenvalue weighted by atomic mass is 32.1. The first kappa shape index (κ1) is 25.4. The number of anilines is 2. The molecular weight excluding hydrogens is 476 g/mol. The first-order valence-electron chi connectivity index (χ1n) is 12.7. The third-order valence-corrected chi connectivity index (χ3v) is 9.77. The Balaban J connectivity index is 1.30. The molecule has 6 nitrogen and oxygen atoms in total. The van der Waals surface area contributed by atoms with Gasteiger partial charge in [0, 0.05) is 22.6 Å². The van der Waals surface area contributed by atoms with Gasteiger partial charge in [0.1, 0.15) is 22.1 Å². The van der Waals surface area contributed by atoms with Crippen LogP contribution in [0.3, 0.4) is 0 Å². The Morgan fingerprint density at radius 1 is 0.829 bits per heavy atom.